The van der Waals surface area contributed by atoms with E-state index in [0.717, 1.165) is 39.4 Å². The maximum Gasteiger partial charge on any atom is 0.194 e. The molecule has 0 nitrogen and oxygen atoms in total. The minimum absolute atomic E-state index is 0. The maximum absolute atomic E-state index is 2.80. The molecule has 7 rings (SSSR count). The van der Waals surface area contributed by atoms with Crippen LogP contribution >= 0.6 is 14.5 Å². The van der Waals surface area contributed by atoms with E-state index < -0.39 is 14.5 Å². The molecule has 46 heavy (non-hydrogen) atoms. The molecule has 6 saturated carbocycles. The Bertz CT molecular complexity index is 836. The van der Waals surface area contributed by atoms with Gasteiger partial charge in [0.05, 0.1) is 48.5 Å². The fourth-order valence-electron chi connectivity index (χ4n) is 13.6. The SMILES string of the molecule is [Ru].c1ccc(C([P+](C2CCCCC2)(C2CCCCC2)C2CCCCC2)[P+](C2CCCCC2)(C2CCCCC2)C2CCCCC2)cc1. The summed E-state index contributed by atoms with van der Waals surface area (Å²) in [6, 6.07) is 13.1. The second-order valence-electron chi connectivity index (χ2n) is 17.3. The number of hydrogen-bond donors (Lipinski definition) is 0. The minimum Gasteiger partial charge on any atom is -0.0622 e. The smallest absolute Gasteiger partial charge is 0.0622 e. The van der Waals surface area contributed by atoms with Crippen molar-refractivity contribution in [3.8, 4) is 0 Å². The molecule has 0 saturated heterocycles. The molecule has 6 aliphatic rings. The van der Waals surface area contributed by atoms with Crippen molar-refractivity contribution in [2.75, 3.05) is 0 Å². The topological polar surface area (TPSA) is 0 Å². The van der Waals surface area contributed by atoms with Gasteiger partial charge in [-0.3, -0.25) is 0 Å². The summed E-state index contributed by atoms with van der Waals surface area (Å²) in [6.07, 6.45) is 47.6. The van der Waals surface area contributed by atoms with Gasteiger partial charge in [-0.15, -0.1) is 0 Å². The summed E-state index contributed by atoms with van der Waals surface area (Å²) in [5.74, 6) is 0. The maximum atomic E-state index is 2.80. The zero-order valence-electron chi connectivity index (χ0n) is 29.9. The van der Waals surface area contributed by atoms with Crippen LogP contribution in [-0.2, 0) is 19.5 Å². The van der Waals surface area contributed by atoms with Crippen LogP contribution in [0.15, 0.2) is 30.3 Å². The van der Waals surface area contributed by atoms with Crippen LogP contribution in [0.4, 0.5) is 0 Å². The van der Waals surface area contributed by atoms with E-state index in [1.165, 1.54) is 38.5 Å². The molecule has 0 radical (unpaired) electrons. The molecule has 0 aromatic heterocycles. The first-order chi connectivity index (χ1) is 22.4. The summed E-state index contributed by atoms with van der Waals surface area (Å²) in [7, 11) is -2.65. The van der Waals surface area contributed by atoms with Crippen LogP contribution in [0.2, 0.25) is 0 Å². The van der Waals surface area contributed by atoms with E-state index in [4.69, 9.17) is 0 Å². The van der Waals surface area contributed by atoms with Crippen LogP contribution in [0.25, 0.3) is 0 Å². The first-order valence-corrected chi connectivity index (χ1v) is 25.3. The average Bonchev–Trinajstić information content (AvgIpc) is 3.14. The van der Waals surface area contributed by atoms with Crippen molar-refractivity contribution in [1.29, 1.82) is 0 Å². The fraction of sp³-hybridized carbons (Fsp3) is 0.860. The average molecular weight is 752 g/mol. The van der Waals surface area contributed by atoms with Crippen molar-refractivity contribution >= 4 is 14.5 Å². The van der Waals surface area contributed by atoms with Crippen LogP contribution in [-0.4, -0.2) is 34.0 Å². The van der Waals surface area contributed by atoms with Crippen molar-refractivity contribution < 1.29 is 19.5 Å². The van der Waals surface area contributed by atoms with Gasteiger partial charge in [-0.05, 0) is 154 Å². The Hall–Kier alpha value is 0.703. The zero-order chi connectivity index (χ0) is 30.4. The molecule has 0 atom stereocenters. The molecule has 6 fully saturated rings. The third-order valence-corrected chi connectivity index (χ3v) is 30.6. The Labute approximate surface area is 300 Å². The van der Waals surface area contributed by atoms with Crippen LogP contribution in [0.3, 0.4) is 0 Å². The van der Waals surface area contributed by atoms with E-state index >= 15 is 0 Å². The van der Waals surface area contributed by atoms with Gasteiger partial charge in [0, 0.05) is 25.0 Å². The number of hydrogen-bond acceptors (Lipinski definition) is 0. The second-order valence-corrected chi connectivity index (χ2v) is 26.7. The first kappa shape index (κ1) is 36.5. The number of rotatable bonds is 9. The van der Waals surface area contributed by atoms with Gasteiger partial charge >= 0.3 is 0 Å². The standard InChI is InChI=1S/C43H72P2.Ru/c1-8-22-36(23-9-1)43(44(37-24-10-2-11-25-37,38-26-12-3-13-27-38)39-28-14-4-15-29-39)45(40-30-16-5-17-31-40,41-32-18-6-19-33-41)42-34-20-7-21-35-42;/h1,8-9,22-23,37-43H,2-7,10-21,24-35H2;/q+2;. The van der Waals surface area contributed by atoms with Crippen molar-refractivity contribution in [2.24, 2.45) is 0 Å². The molecular formula is C43H72P2Ru+2. The summed E-state index contributed by atoms with van der Waals surface area (Å²) in [4.78, 5) is 0. The summed E-state index contributed by atoms with van der Waals surface area (Å²) < 4.78 is 0. The van der Waals surface area contributed by atoms with Crippen LogP contribution in [0.1, 0.15) is 204 Å². The molecule has 0 heterocycles. The number of benzene rings is 1. The largest absolute Gasteiger partial charge is 0.194 e. The first-order valence-electron chi connectivity index (χ1n) is 21.2. The van der Waals surface area contributed by atoms with Crippen LogP contribution < -0.4 is 0 Å². The van der Waals surface area contributed by atoms with Gasteiger partial charge < -0.3 is 0 Å². The van der Waals surface area contributed by atoms with E-state index in [1.807, 2.05) is 5.56 Å². The van der Waals surface area contributed by atoms with Gasteiger partial charge in [-0.1, -0.05) is 68.9 Å². The third-order valence-electron chi connectivity index (χ3n) is 15.2. The minimum atomic E-state index is -1.33. The molecule has 0 unspecified atom stereocenters. The molecule has 3 heteroatoms. The second kappa shape index (κ2) is 17.8. The third kappa shape index (κ3) is 7.23. The van der Waals surface area contributed by atoms with Crippen molar-refractivity contribution in [2.45, 2.75) is 232 Å². The van der Waals surface area contributed by atoms with Crippen molar-refractivity contribution in [1.82, 2.24) is 0 Å². The Morgan fingerprint density at radius 3 is 0.761 bits per heavy atom. The van der Waals surface area contributed by atoms with Gasteiger partial charge in [0.2, 0.25) is 0 Å². The van der Waals surface area contributed by atoms with Crippen molar-refractivity contribution in [3.05, 3.63) is 35.9 Å². The summed E-state index contributed by atoms with van der Waals surface area (Å²) >= 11 is 0. The van der Waals surface area contributed by atoms with Gasteiger partial charge in [0.15, 0.2) is 5.40 Å². The molecular weight excluding hydrogens is 679 g/mol. The molecule has 0 spiro atoms. The van der Waals surface area contributed by atoms with E-state index in [9.17, 15) is 0 Å². The normalized spacial score (nSPS) is 26.6. The summed E-state index contributed by atoms with van der Waals surface area (Å²) in [6.45, 7) is 0. The fourth-order valence-corrected chi connectivity index (χ4v) is 34.7. The van der Waals surface area contributed by atoms with E-state index in [2.05, 4.69) is 30.3 Å². The quantitative estimate of drug-likeness (QED) is 0.174. The van der Waals surface area contributed by atoms with E-state index in [-0.39, 0.29) is 19.5 Å². The van der Waals surface area contributed by atoms with Gasteiger partial charge in [-0.2, -0.15) is 0 Å². The molecule has 0 N–H and O–H groups in total. The van der Waals surface area contributed by atoms with Crippen molar-refractivity contribution in [3.63, 3.8) is 0 Å². The molecule has 6 aliphatic carbocycles. The summed E-state index contributed by atoms with van der Waals surface area (Å²) in [5, 5.41) is 1.02. The summed E-state index contributed by atoms with van der Waals surface area (Å²) in [5.41, 5.74) is 8.62. The Kier molecular flexibility index (Phi) is 14.1. The molecule has 1 aromatic carbocycles. The Balaban J connectivity index is 0.00000372. The van der Waals surface area contributed by atoms with Gasteiger partial charge in [0.25, 0.3) is 0 Å². The monoisotopic (exact) mass is 752 g/mol. The molecule has 1 aromatic rings. The van der Waals surface area contributed by atoms with Crippen LogP contribution in [0.5, 0.6) is 0 Å². The molecule has 260 valence electrons. The van der Waals surface area contributed by atoms with Gasteiger partial charge in [0.1, 0.15) is 0 Å². The predicted molar refractivity (Wildman–Crippen MR) is 204 cm³/mol. The molecule has 0 bridgehead atoms. The van der Waals surface area contributed by atoms with Gasteiger partial charge in [-0.25, -0.2) is 0 Å². The Morgan fingerprint density at radius 2 is 0.543 bits per heavy atom. The molecule has 0 aliphatic heterocycles. The van der Waals surface area contributed by atoms with E-state index in [0.29, 0.717) is 0 Å². The zero-order valence-corrected chi connectivity index (χ0v) is 33.4. The molecule has 0 amide bonds. The van der Waals surface area contributed by atoms with Crippen LogP contribution in [0, 0.1) is 0 Å². The predicted octanol–water partition coefficient (Wildman–Crippen LogP) is 14.7. The Morgan fingerprint density at radius 1 is 0.326 bits per heavy atom. The van der Waals surface area contributed by atoms with E-state index in [1.54, 1.807) is 154 Å².